The molecule has 0 spiro atoms. The molecule has 0 aromatic heterocycles. The average molecular weight is 262 g/mol. The van der Waals surface area contributed by atoms with Crippen LogP contribution < -0.4 is 4.74 Å². The van der Waals surface area contributed by atoms with Crippen LogP contribution in [0.2, 0.25) is 0 Å². The van der Waals surface area contributed by atoms with Crippen molar-refractivity contribution >= 4 is 0 Å². The second-order valence-electron chi connectivity index (χ2n) is 5.55. The molecule has 0 saturated carbocycles. The van der Waals surface area contributed by atoms with Crippen molar-refractivity contribution in [2.24, 2.45) is 0 Å². The summed E-state index contributed by atoms with van der Waals surface area (Å²) in [6.07, 6.45) is 5.73. The number of hydrogen-bond donors (Lipinski definition) is 1. The highest BCUT2D eigenvalue weighted by molar-refractivity contribution is 5.39. The summed E-state index contributed by atoms with van der Waals surface area (Å²) in [5.41, 5.74) is 2.60. The summed E-state index contributed by atoms with van der Waals surface area (Å²) in [5, 5.41) is 10.2. The first-order valence-corrected chi connectivity index (χ1v) is 7.37. The summed E-state index contributed by atoms with van der Waals surface area (Å²) < 4.78 is 11.1. The summed E-state index contributed by atoms with van der Waals surface area (Å²) >= 11 is 0. The Hall–Kier alpha value is -1.06. The zero-order valence-corrected chi connectivity index (χ0v) is 11.3. The van der Waals surface area contributed by atoms with E-state index >= 15 is 0 Å². The van der Waals surface area contributed by atoms with Crippen LogP contribution in [0.4, 0.5) is 0 Å². The summed E-state index contributed by atoms with van der Waals surface area (Å²) in [5.74, 6) is 1.03. The minimum absolute atomic E-state index is 0.0477. The van der Waals surface area contributed by atoms with Crippen LogP contribution in [-0.4, -0.2) is 30.5 Å². The van der Waals surface area contributed by atoms with E-state index in [-0.39, 0.29) is 12.2 Å². The standard InChI is InChI=1S/C16H22O3/c17-14(16-3-1-2-9-18-16)6-4-12-5-7-15-13(11-12)8-10-19-15/h5,7,11,14,16-17H,1-4,6,8-10H2. The smallest absolute Gasteiger partial charge is 0.122 e. The van der Waals surface area contributed by atoms with Crippen LogP contribution in [-0.2, 0) is 17.6 Å². The van der Waals surface area contributed by atoms with E-state index < -0.39 is 0 Å². The van der Waals surface area contributed by atoms with Crippen molar-refractivity contribution < 1.29 is 14.6 Å². The van der Waals surface area contributed by atoms with Gasteiger partial charge in [-0.2, -0.15) is 0 Å². The normalized spacial score (nSPS) is 23.7. The van der Waals surface area contributed by atoms with Crippen molar-refractivity contribution in [2.45, 2.75) is 50.7 Å². The topological polar surface area (TPSA) is 38.7 Å². The summed E-state index contributed by atoms with van der Waals surface area (Å²) in [7, 11) is 0. The molecule has 2 atom stereocenters. The van der Waals surface area contributed by atoms with E-state index in [0.29, 0.717) is 0 Å². The number of aliphatic hydroxyl groups is 1. The van der Waals surface area contributed by atoms with Gasteiger partial charge in [-0.05, 0) is 49.3 Å². The van der Waals surface area contributed by atoms with E-state index in [4.69, 9.17) is 9.47 Å². The van der Waals surface area contributed by atoms with Gasteiger partial charge in [-0.3, -0.25) is 0 Å². The summed E-state index contributed by atoms with van der Waals surface area (Å²) in [6, 6.07) is 6.39. The fraction of sp³-hybridized carbons (Fsp3) is 0.625. The van der Waals surface area contributed by atoms with E-state index in [9.17, 15) is 5.11 Å². The molecule has 1 fully saturated rings. The largest absolute Gasteiger partial charge is 0.493 e. The van der Waals surface area contributed by atoms with Crippen molar-refractivity contribution in [2.75, 3.05) is 13.2 Å². The van der Waals surface area contributed by atoms with Gasteiger partial charge in [0.1, 0.15) is 5.75 Å². The highest BCUT2D eigenvalue weighted by Crippen LogP contribution is 2.27. The Balaban J connectivity index is 1.53. The molecule has 0 bridgehead atoms. The van der Waals surface area contributed by atoms with Crippen molar-refractivity contribution in [3.8, 4) is 5.75 Å². The van der Waals surface area contributed by atoms with E-state index in [2.05, 4.69) is 18.2 Å². The number of aryl methyl sites for hydroxylation is 1. The van der Waals surface area contributed by atoms with Crippen LogP contribution in [0.5, 0.6) is 5.75 Å². The number of aliphatic hydroxyl groups excluding tert-OH is 1. The van der Waals surface area contributed by atoms with Crippen LogP contribution in [0, 0.1) is 0 Å². The molecule has 1 N–H and O–H groups in total. The Morgan fingerprint density at radius 1 is 1.26 bits per heavy atom. The number of rotatable bonds is 4. The second-order valence-corrected chi connectivity index (χ2v) is 5.55. The van der Waals surface area contributed by atoms with Gasteiger partial charge in [-0.25, -0.2) is 0 Å². The van der Waals surface area contributed by atoms with Crippen LogP contribution in [0.25, 0.3) is 0 Å². The van der Waals surface area contributed by atoms with Gasteiger partial charge in [0, 0.05) is 13.0 Å². The third-order valence-corrected chi connectivity index (χ3v) is 4.13. The van der Waals surface area contributed by atoms with Crippen molar-refractivity contribution in [1.82, 2.24) is 0 Å². The first kappa shape index (κ1) is 12.9. The molecule has 104 valence electrons. The van der Waals surface area contributed by atoms with Crippen molar-refractivity contribution in [3.05, 3.63) is 29.3 Å². The van der Waals surface area contributed by atoms with Crippen LogP contribution >= 0.6 is 0 Å². The number of fused-ring (bicyclic) bond motifs is 1. The molecule has 2 unspecified atom stereocenters. The van der Waals surface area contributed by atoms with Crippen molar-refractivity contribution in [3.63, 3.8) is 0 Å². The monoisotopic (exact) mass is 262 g/mol. The zero-order valence-electron chi connectivity index (χ0n) is 11.3. The maximum Gasteiger partial charge on any atom is 0.122 e. The first-order chi connectivity index (χ1) is 9.33. The molecule has 0 radical (unpaired) electrons. The lowest BCUT2D eigenvalue weighted by Gasteiger charge is -2.27. The van der Waals surface area contributed by atoms with E-state index in [1.165, 1.54) is 17.5 Å². The van der Waals surface area contributed by atoms with E-state index in [0.717, 1.165) is 51.1 Å². The maximum atomic E-state index is 10.2. The Bertz CT molecular complexity index is 424. The Kier molecular flexibility index (Phi) is 4.04. The lowest BCUT2D eigenvalue weighted by molar-refractivity contribution is -0.0640. The minimum Gasteiger partial charge on any atom is -0.493 e. The Morgan fingerprint density at radius 2 is 2.21 bits per heavy atom. The Morgan fingerprint density at radius 3 is 3.05 bits per heavy atom. The molecule has 2 aliphatic heterocycles. The highest BCUT2D eigenvalue weighted by atomic mass is 16.5. The molecule has 3 nitrogen and oxygen atoms in total. The number of hydrogen-bond acceptors (Lipinski definition) is 3. The third kappa shape index (κ3) is 3.10. The van der Waals surface area contributed by atoms with E-state index in [1.54, 1.807) is 0 Å². The van der Waals surface area contributed by atoms with Crippen molar-refractivity contribution in [1.29, 1.82) is 0 Å². The molecule has 3 rings (SSSR count). The van der Waals surface area contributed by atoms with Crippen LogP contribution in [0.1, 0.15) is 36.8 Å². The fourth-order valence-corrected chi connectivity index (χ4v) is 2.96. The molecule has 3 heteroatoms. The van der Waals surface area contributed by atoms with E-state index in [1.807, 2.05) is 0 Å². The Labute approximate surface area is 114 Å². The summed E-state index contributed by atoms with van der Waals surface area (Å²) in [4.78, 5) is 0. The molecular weight excluding hydrogens is 240 g/mol. The number of benzene rings is 1. The van der Waals surface area contributed by atoms with Gasteiger partial charge in [0.2, 0.25) is 0 Å². The van der Waals surface area contributed by atoms with Crippen LogP contribution in [0.15, 0.2) is 18.2 Å². The average Bonchev–Trinajstić information content (AvgIpc) is 2.93. The molecule has 2 aliphatic rings. The van der Waals surface area contributed by atoms with Gasteiger partial charge < -0.3 is 14.6 Å². The van der Waals surface area contributed by atoms with Gasteiger partial charge in [-0.1, -0.05) is 12.1 Å². The summed E-state index contributed by atoms with van der Waals surface area (Å²) in [6.45, 7) is 1.61. The molecule has 0 aliphatic carbocycles. The predicted molar refractivity (Wildman–Crippen MR) is 73.6 cm³/mol. The van der Waals surface area contributed by atoms with Crippen LogP contribution in [0.3, 0.4) is 0 Å². The maximum absolute atomic E-state index is 10.2. The number of ether oxygens (including phenoxy) is 2. The zero-order chi connectivity index (χ0) is 13.1. The molecular formula is C16H22O3. The third-order valence-electron chi connectivity index (χ3n) is 4.13. The van der Waals surface area contributed by atoms with Gasteiger partial charge in [0.25, 0.3) is 0 Å². The predicted octanol–water partition coefficient (Wildman–Crippen LogP) is 2.48. The first-order valence-electron chi connectivity index (χ1n) is 7.37. The SMILES string of the molecule is OC(CCc1ccc2c(c1)CCO2)C1CCCCO1. The molecule has 1 saturated heterocycles. The van der Waals surface area contributed by atoms with Gasteiger partial charge in [0.05, 0.1) is 18.8 Å². The van der Waals surface area contributed by atoms with Gasteiger partial charge in [-0.15, -0.1) is 0 Å². The minimum atomic E-state index is -0.329. The lowest BCUT2D eigenvalue weighted by Crippen LogP contribution is -2.32. The lowest BCUT2D eigenvalue weighted by atomic mass is 9.97. The molecule has 0 amide bonds. The molecule has 19 heavy (non-hydrogen) atoms. The molecule has 1 aromatic carbocycles. The van der Waals surface area contributed by atoms with Gasteiger partial charge in [0.15, 0.2) is 0 Å². The molecule has 1 aromatic rings. The highest BCUT2D eigenvalue weighted by Gasteiger charge is 2.22. The quantitative estimate of drug-likeness (QED) is 0.906. The van der Waals surface area contributed by atoms with Gasteiger partial charge >= 0.3 is 0 Å². The second kappa shape index (κ2) is 5.93. The molecule has 2 heterocycles. The fourth-order valence-electron chi connectivity index (χ4n) is 2.96.